The summed E-state index contributed by atoms with van der Waals surface area (Å²) < 4.78 is 0. The maximum Gasteiger partial charge on any atom is 0.0217 e. The van der Waals surface area contributed by atoms with Crippen LogP contribution in [0.1, 0.15) is 47.0 Å². The Labute approximate surface area is 109 Å². The van der Waals surface area contributed by atoms with Crippen LogP contribution in [0.15, 0.2) is 34.9 Å². The van der Waals surface area contributed by atoms with Crippen LogP contribution < -0.4 is 0 Å². The van der Waals surface area contributed by atoms with Gasteiger partial charge in [0.25, 0.3) is 0 Å². The molecule has 0 atom stereocenters. The first kappa shape index (κ1) is 13.8. The molecule has 1 rings (SSSR count). The van der Waals surface area contributed by atoms with Gasteiger partial charge < -0.3 is 0 Å². The van der Waals surface area contributed by atoms with Crippen molar-refractivity contribution in [2.75, 3.05) is 5.33 Å². The van der Waals surface area contributed by atoms with Crippen LogP contribution in [0.4, 0.5) is 0 Å². The van der Waals surface area contributed by atoms with E-state index >= 15 is 0 Å². The van der Waals surface area contributed by atoms with Crippen molar-refractivity contribution >= 4 is 15.9 Å². The fourth-order valence-electron chi connectivity index (χ4n) is 2.41. The molecule has 0 amide bonds. The van der Waals surface area contributed by atoms with Gasteiger partial charge in [0.15, 0.2) is 0 Å². The van der Waals surface area contributed by atoms with Gasteiger partial charge >= 0.3 is 0 Å². The topological polar surface area (TPSA) is 0 Å². The van der Waals surface area contributed by atoms with Gasteiger partial charge in [0.05, 0.1) is 0 Å². The Bertz CT molecular complexity index is 329. The lowest BCUT2D eigenvalue weighted by atomic mass is 9.72. The van der Waals surface area contributed by atoms with Gasteiger partial charge in [-0.1, -0.05) is 59.2 Å². The molecule has 0 aliphatic heterocycles. The lowest BCUT2D eigenvalue weighted by Crippen LogP contribution is -2.19. The van der Waals surface area contributed by atoms with Gasteiger partial charge in [-0.15, -0.1) is 0 Å². The highest BCUT2D eigenvalue weighted by molar-refractivity contribution is 9.09. The van der Waals surface area contributed by atoms with Gasteiger partial charge in [0.1, 0.15) is 0 Å². The Balaban J connectivity index is 2.89. The molecule has 0 saturated carbocycles. The summed E-state index contributed by atoms with van der Waals surface area (Å²) in [7, 11) is 0. The van der Waals surface area contributed by atoms with E-state index in [9.17, 15) is 0 Å². The van der Waals surface area contributed by atoms with Crippen molar-refractivity contribution in [1.82, 2.24) is 0 Å². The zero-order valence-electron chi connectivity index (χ0n) is 10.9. The third-order valence-electron chi connectivity index (χ3n) is 3.45. The van der Waals surface area contributed by atoms with Crippen LogP contribution in [0.3, 0.4) is 0 Å². The molecule has 0 aromatic carbocycles. The van der Waals surface area contributed by atoms with Crippen LogP contribution in [0, 0.1) is 5.41 Å². The first-order valence-corrected chi connectivity index (χ1v) is 7.20. The SMILES string of the molecule is CC1=C(/C=C/C(C)=C/CBr)C(C)(C)CCC1. The average Bonchev–Trinajstić information content (AvgIpc) is 2.16. The van der Waals surface area contributed by atoms with Crippen LogP contribution in [-0.4, -0.2) is 5.33 Å². The molecule has 0 nitrogen and oxygen atoms in total. The van der Waals surface area contributed by atoms with E-state index in [2.05, 4.69) is 61.9 Å². The summed E-state index contributed by atoms with van der Waals surface area (Å²) in [5.74, 6) is 0. The molecule has 0 aromatic rings. The van der Waals surface area contributed by atoms with Crippen LogP contribution in [0.5, 0.6) is 0 Å². The van der Waals surface area contributed by atoms with Crippen molar-refractivity contribution in [2.24, 2.45) is 5.41 Å². The lowest BCUT2D eigenvalue weighted by molar-refractivity contribution is 0.377. The molecule has 0 bridgehead atoms. The summed E-state index contributed by atoms with van der Waals surface area (Å²) in [4.78, 5) is 0. The number of halogens is 1. The maximum atomic E-state index is 3.43. The smallest absolute Gasteiger partial charge is 0.0217 e. The van der Waals surface area contributed by atoms with Gasteiger partial charge in [-0.25, -0.2) is 0 Å². The van der Waals surface area contributed by atoms with E-state index in [0.717, 1.165) is 5.33 Å². The second-order valence-corrected chi connectivity index (χ2v) is 6.01. The molecule has 0 fully saturated rings. The minimum Gasteiger partial charge on any atom is -0.0883 e. The molecule has 0 unspecified atom stereocenters. The molecule has 0 spiro atoms. The zero-order chi connectivity index (χ0) is 12.2. The Morgan fingerprint density at radius 3 is 2.69 bits per heavy atom. The largest absolute Gasteiger partial charge is 0.0883 e. The number of allylic oxidation sites excluding steroid dienone is 6. The van der Waals surface area contributed by atoms with E-state index in [1.807, 2.05) is 0 Å². The van der Waals surface area contributed by atoms with E-state index in [4.69, 9.17) is 0 Å². The number of hydrogen-bond donors (Lipinski definition) is 0. The predicted octanol–water partition coefficient (Wildman–Crippen LogP) is 5.41. The summed E-state index contributed by atoms with van der Waals surface area (Å²) >= 11 is 3.43. The average molecular weight is 283 g/mol. The molecular formula is C15H23Br. The zero-order valence-corrected chi connectivity index (χ0v) is 12.5. The minimum absolute atomic E-state index is 0.355. The summed E-state index contributed by atoms with van der Waals surface area (Å²) in [5, 5.41) is 0.935. The first-order valence-electron chi connectivity index (χ1n) is 6.08. The van der Waals surface area contributed by atoms with Crippen LogP contribution in [-0.2, 0) is 0 Å². The molecule has 16 heavy (non-hydrogen) atoms. The van der Waals surface area contributed by atoms with E-state index in [1.165, 1.54) is 24.8 Å². The Hall–Kier alpha value is -0.300. The van der Waals surface area contributed by atoms with Crippen LogP contribution >= 0.6 is 15.9 Å². The molecule has 0 heterocycles. The Kier molecular flexibility index (Phi) is 5.04. The third kappa shape index (κ3) is 3.62. The monoisotopic (exact) mass is 282 g/mol. The first-order chi connectivity index (χ1) is 7.47. The minimum atomic E-state index is 0.355. The van der Waals surface area contributed by atoms with E-state index in [-0.39, 0.29) is 0 Å². The van der Waals surface area contributed by atoms with Gasteiger partial charge in [0.2, 0.25) is 0 Å². The molecule has 0 N–H and O–H groups in total. The Morgan fingerprint density at radius 1 is 1.44 bits per heavy atom. The molecule has 1 aliphatic rings. The molecule has 0 aromatic heterocycles. The molecule has 0 saturated heterocycles. The van der Waals surface area contributed by atoms with Crippen LogP contribution in [0.2, 0.25) is 0 Å². The summed E-state index contributed by atoms with van der Waals surface area (Å²) in [6, 6.07) is 0. The van der Waals surface area contributed by atoms with Gasteiger partial charge in [-0.05, 0) is 44.1 Å². The predicted molar refractivity (Wildman–Crippen MR) is 77.0 cm³/mol. The number of rotatable bonds is 3. The van der Waals surface area contributed by atoms with Crippen molar-refractivity contribution in [2.45, 2.75) is 47.0 Å². The normalized spacial score (nSPS) is 21.9. The van der Waals surface area contributed by atoms with Crippen molar-refractivity contribution in [1.29, 1.82) is 0 Å². The van der Waals surface area contributed by atoms with Gasteiger partial charge in [-0.2, -0.15) is 0 Å². The molecular weight excluding hydrogens is 260 g/mol. The fraction of sp³-hybridized carbons (Fsp3) is 0.600. The summed E-state index contributed by atoms with van der Waals surface area (Å²) in [6.45, 7) is 9.16. The Morgan fingerprint density at radius 2 is 2.12 bits per heavy atom. The molecule has 0 radical (unpaired) electrons. The van der Waals surface area contributed by atoms with Crippen molar-refractivity contribution in [3.63, 3.8) is 0 Å². The van der Waals surface area contributed by atoms with Crippen LogP contribution in [0.25, 0.3) is 0 Å². The third-order valence-corrected chi connectivity index (χ3v) is 3.78. The second kappa shape index (κ2) is 5.86. The number of hydrogen-bond acceptors (Lipinski definition) is 0. The van der Waals surface area contributed by atoms with E-state index in [0.29, 0.717) is 5.41 Å². The van der Waals surface area contributed by atoms with Crippen molar-refractivity contribution in [3.8, 4) is 0 Å². The highest BCUT2D eigenvalue weighted by atomic mass is 79.9. The summed E-state index contributed by atoms with van der Waals surface area (Å²) in [6.07, 6.45) is 10.7. The van der Waals surface area contributed by atoms with E-state index < -0.39 is 0 Å². The van der Waals surface area contributed by atoms with E-state index in [1.54, 1.807) is 11.1 Å². The standard InChI is InChI=1S/C15H23Br/c1-12(9-11-16)7-8-14-13(2)6-5-10-15(14,3)4/h7-9H,5-6,10-11H2,1-4H3/b8-7+,12-9+. The molecule has 90 valence electrons. The van der Waals surface area contributed by atoms with Gasteiger partial charge in [0, 0.05) is 5.33 Å². The highest BCUT2D eigenvalue weighted by Gasteiger charge is 2.26. The number of alkyl halides is 1. The highest BCUT2D eigenvalue weighted by Crippen LogP contribution is 2.40. The van der Waals surface area contributed by atoms with Crippen molar-refractivity contribution in [3.05, 3.63) is 34.9 Å². The second-order valence-electron chi connectivity index (χ2n) is 5.37. The molecule has 1 aliphatic carbocycles. The van der Waals surface area contributed by atoms with Crippen molar-refractivity contribution < 1.29 is 0 Å². The summed E-state index contributed by atoms with van der Waals surface area (Å²) in [5.41, 5.74) is 4.80. The lowest BCUT2D eigenvalue weighted by Gasteiger charge is -2.32. The van der Waals surface area contributed by atoms with Gasteiger partial charge in [-0.3, -0.25) is 0 Å². The quantitative estimate of drug-likeness (QED) is 0.480. The maximum absolute atomic E-state index is 3.43. The molecule has 1 heteroatoms. The fourth-order valence-corrected chi connectivity index (χ4v) is 2.93.